The minimum absolute atomic E-state index is 0.524. The third-order valence-electron chi connectivity index (χ3n) is 8.29. The summed E-state index contributed by atoms with van der Waals surface area (Å²) in [7, 11) is 0. The van der Waals surface area contributed by atoms with Gasteiger partial charge >= 0.3 is 0 Å². The molecule has 0 amide bonds. The Bertz CT molecular complexity index is 392. The normalized spacial score (nSPS) is 16.5. The molecule has 1 unspecified atom stereocenters. The summed E-state index contributed by atoms with van der Waals surface area (Å²) < 4.78 is 6.43. The van der Waals surface area contributed by atoms with Crippen LogP contribution in [0.15, 0.2) is 0 Å². The van der Waals surface area contributed by atoms with Gasteiger partial charge in [-0.15, -0.1) is 0 Å². The first kappa shape index (κ1) is 31.9. The molecule has 204 valence electrons. The summed E-state index contributed by atoms with van der Waals surface area (Å²) in [5, 5.41) is 0. The third-order valence-corrected chi connectivity index (χ3v) is 8.29. The van der Waals surface area contributed by atoms with Gasteiger partial charge in [0.25, 0.3) is 0 Å². The Balaban J connectivity index is 2.28. The van der Waals surface area contributed by atoms with Crippen LogP contribution in [0.5, 0.6) is 0 Å². The van der Waals surface area contributed by atoms with Crippen molar-refractivity contribution in [2.45, 2.75) is 169 Å². The summed E-state index contributed by atoms with van der Waals surface area (Å²) >= 11 is 0. The second-order valence-corrected chi connectivity index (χ2v) is 11.6. The van der Waals surface area contributed by atoms with Crippen LogP contribution in [0, 0.1) is 11.8 Å². The van der Waals surface area contributed by atoms with E-state index < -0.39 is 0 Å². The van der Waals surface area contributed by atoms with E-state index in [2.05, 4.69) is 32.6 Å². The summed E-state index contributed by atoms with van der Waals surface area (Å²) in [5.74, 6) is 1.83. The van der Waals surface area contributed by atoms with E-state index in [-0.39, 0.29) is 0 Å². The summed E-state index contributed by atoms with van der Waals surface area (Å²) in [6.45, 7) is 14.2. The Morgan fingerprint density at radius 3 is 1.53 bits per heavy atom. The van der Waals surface area contributed by atoms with E-state index >= 15 is 0 Å². The highest BCUT2D eigenvalue weighted by atomic mass is 16.5. The molecule has 1 rings (SSSR count). The lowest BCUT2D eigenvalue weighted by Crippen LogP contribution is -2.39. The molecular formula is C32H65NO. The molecule has 1 aliphatic rings. The van der Waals surface area contributed by atoms with Crippen molar-refractivity contribution in [1.29, 1.82) is 0 Å². The molecule has 0 aromatic rings. The van der Waals surface area contributed by atoms with Crippen LogP contribution < -0.4 is 0 Å². The van der Waals surface area contributed by atoms with Crippen molar-refractivity contribution in [3.63, 3.8) is 0 Å². The van der Waals surface area contributed by atoms with Crippen molar-refractivity contribution >= 4 is 0 Å². The van der Waals surface area contributed by atoms with Crippen molar-refractivity contribution in [2.75, 3.05) is 26.2 Å². The first-order chi connectivity index (χ1) is 16.7. The smallest absolute Gasteiger partial charge is 0.0599 e. The van der Waals surface area contributed by atoms with E-state index in [4.69, 9.17) is 4.74 Å². The summed E-state index contributed by atoms with van der Waals surface area (Å²) in [6.07, 6.45) is 29.8. The maximum Gasteiger partial charge on any atom is 0.0599 e. The Kier molecular flexibility index (Phi) is 21.9. The van der Waals surface area contributed by atoms with Crippen molar-refractivity contribution in [3.8, 4) is 0 Å². The van der Waals surface area contributed by atoms with Crippen LogP contribution in [0.2, 0.25) is 0 Å². The zero-order valence-corrected chi connectivity index (χ0v) is 24.3. The highest BCUT2D eigenvalue weighted by molar-refractivity contribution is 4.76. The summed E-state index contributed by atoms with van der Waals surface area (Å²) in [4.78, 5) is 2.78. The second-order valence-electron chi connectivity index (χ2n) is 11.6. The number of nitrogens with zero attached hydrogens (tertiary/aromatic N) is 1. The molecule has 1 saturated heterocycles. The topological polar surface area (TPSA) is 12.5 Å². The monoisotopic (exact) mass is 480 g/mol. The first-order valence-electron chi connectivity index (χ1n) is 16.1. The fourth-order valence-electron chi connectivity index (χ4n) is 5.86. The fourth-order valence-corrected chi connectivity index (χ4v) is 5.86. The van der Waals surface area contributed by atoms with Gasteiger partial charge in [-0.25, -0.2) is 0 Å². The van der Waals surface area contributed by atoms with Gasteiger partial charge in [0, 0.05) is 26.2 Å². The van der Waals surface area contributed by atoms with E-state index in [1.54, 1.807) is 0 Å². The van der Waals surface area contributed by atoms with Gasteiger partial charge in [-0.05, 0) is 43.9 Å². The number of hydrogen-bond donors (Lipinski definition) is 0. The predicted octanol–water partition coefficient (Wildman–Crippen LogP) is 10.2. The van der Waals surface area contributed by atoms with Crippen LogP contribution in [0.4, 0.5) is 0 Å². The molecule has 0 aromatic carbocycles. The number of hydrogen-bond acceptors (Lipinski definition) is 2. The van der Waals surface area contributed by atoms with Crippen molar-refractivity contribution in [2.24, 2.45) is 11.8 Å². The summed E-state index contributed by atoms with van der Waals surface area (Å²) in [6, 6.07) is 0. The molecule has 1 fully saturated rings. The van der Waals surface area contributed by atoms with Gasteiger partial charge in [0.15, 0.2) is 0 Å². The lowest BCUT2D eigenvalue weighted by Gasteiger charge is -2.34. The van der Waals surface area contributed by atoms with Crippen molar-refractivity contribution in [1.82, 2.24) is 4.90 Å². The minimum Gasteiger partial charge on any atom is -0.378 e. The average molecular weight is 480 g/mol. The Morgan fingerprint density at radius 1 is 0.559 bits per heavy atom. The highest BCUT2D eigenvalue weighted by Gasteiger charge is 2.22. The maximum atomic E-state index is 6.43. The number of unbranched alkanes of at least 4 members (excludes halogenated alkanes) is 10. The molecule has 0 radical (unpaired) electrons. The van der Waals surface area contributed by atoms with Crippen molar-refractivity contribution < 1.29 is 4.74 Å². The molecule has 0 N–H and O–H groups in total. The predicted molar refractivity (Wildman–Crippen MR) is 153 cm³/mol. The number of likely N-dealkylation sites (tertiary alicyclic amines) is 1. The van der Waals surface area contributed by atoms with Crippen molar-refractivity contribution in [3.05, 3.63) is 0 Å². The van der Waals surface area contributed by atoms with Crippen LogP contribution in [0.3, 0.4) is 0 Å². The molecule has 2 heteroatoms. The Hall–Kier alpha value is -0.0800. The standard InChI is InChI=1S/C32H65NO/c1-5-9-13-16-20-30(19-12-8-4)25-28-34-32-23-26-33(27-24-32)29-31(21-17-14-10-6-2)22-18-15-11-7-3/h30-32H,5-29H2,1-4H3. The van der Waals surface area contributed by atoms with E-state index in [0.717, 1.165) is 18.4 Å². The number of piperidine rings is 1. The average Bonchev–Trinajstić information content (AvgIpc) is 2.86. The molecule has 34 heavy (non-hydrogen) atoms. The molecule has 0 aromatic heterocycles. The molecule has 0 spiro atoms. The van der Waals surface area contributed by atoms with Gasteiger partial charge in [-0.1, -0.05) is 130 Å². The lowest BCUT2D eigenvalue weighted by atomic mass is 9.92. The SMILES string of the molecule is CCCCCCC(CCCC)CCOC1CCN(CC(CCCCCC)CCCCCC)CC1. The molecule has 0 aliphatic carbocycles. The van der Waals surface area contributed by atoms with Gasteiger partial charge in [0.1, 0.15) is 0 Å². The largest absolute Gasteiger partial charge is 0.378 e. The first-order valence-corrected chi connectivity index (χ1v) is 16.1. The van der Waals surface area contributed by atoms with Crippen LogP contribution >= 0.6 is 0 Å². The van der Waals surface area contributed by atoms with Gasteiger partial charge in [0.2, 0.25) is 0 Å². The van der Waals surface area contributed by atoms with Crippen LogP contribution in [0.25, 0.3) is 0 Å². The zero-order chi connectivity index (χ0) is 24.7. The van der Waals surface area contributed by atoms with Gasteiger partial charge in [0.05, 0.1) is 6.10 Å². The maximum absolute atomic E-state index is 6.43. The van der Waals surface area contributed by atoms with E-state index in [1.165, 1.54) is 154 Å². The second kappa shape index (κ2) is 23.3. The van der Waals surface area contributed by atoms with Crippen LogP contribution in [-0.4, -0.2) is 37.2 Å². The number of rotatable bonds is 24. The Morgan fingerprint density at radius 2 is 1.03 bits per heavy atom. The number of ether oxygens (including phenoxy) is 1. The zero-order valence-electron chi connectivity index (χ0n) is 24.3. The molecule has 1 heterocycles. The van der Waals surface area contributed by atoms with Gasteiger partial charge in [-0.3, -0.25) is 0 Å². The molecule has 2 nitrogen and oxygen atoms in total. The molecule has 0 saturated carbocycles. The van der Waals surface area contributed by atoms with E-state index in [1.807, 2.05) is 0 Å². The highest BCUT2D eigenvalue weighted by Crippen LogP contribution is 2.24. The van der Waals surface area contributed by atoms with E-state index in [9.17, 15) is 0 Å². The van der Waals surface area contributed by atoms with Gasteiger partial charge in [-0.2, -0.15) is 0 Å². The third kappa shape index (κ3) is 17.4. The summed E-state index contributed by atoms with van der Waals surface area (Å²) in [5.41, 5.74) is 0. The molecule has 1 aliphatic heterocycles. The quantitative estimate of drug-likeness (QED) is 0.128. The van der Waals surface area contributed by atoms with E-state index in [0.29, 0.717) is 6.10 Å². The molecular weight excluding hydrogens is 414 g/mol. The Labute approximate surface area is 216 Å². The van der Waals surface area contributed by atoms with Gasteiger partial charge < -0.3 is 9.64 Å². The van der Waals surface area contributed by atoms with Crippen LogP contribution in [-0.2, 0) is 4.74 Å². The molecule has 1 atom stereocenters. The molecule has 0 bridgehead atoms. The fraction of sp³-hybridized carbons (Fsp3) is 1.00. The lowest BCUT2D eigenvalue weighted by molar-refractivity contribution is -0.00214. The van der Waals surface area contributed by atoms with Crippen LogP contribution in [0.1, 0.15) is 163 Å². The minimum atomic E-state index is 0.524.